The summed E-state index contributed by atoms with van der Waals surface area (Å²) in [4.78, 5) is 35.1. The molecule has 4 heterocycles. The molecule has 0 aliphatic carbocycles. The van der Waals surface area contributed by atoms with Crippen molar-refractivity contribution in [2.75, 3.05) is 18.4 Å². The number of aryl methyl sites for hydroxylation is 2. The normalized spacial score (nSPS) is 15.8. The molecule has 1 fully saturated rings. The van der Waals surface area contributed by atoms with Gasteiger partial charge in [-0.15, -0.1) is 0 Å². The number of halogens is 1. The van der Waals surface area contributed by atoms with E-state index in [1.165, 1.54) is 16.8 Å². The molecule has 160 valence electrons. The van der Waals surface area contributed by atoms with Gasteiger partial charge >= 0.3 is 0 Å². The van der Waals surface area contributed by atoms with Crippen molar-refractivity contribution < 1.29 is 9.18 Å². The predicted molar refractivity (Wildman–Crippen MR) is 114 cm³/mol. The highest BCUT2D eigenvalue weighted by atomic mass is 19.1. The number of amides is 1. The van der Waals surface area contributed by atoms with Crippen LogP contribution >= 0.6 is 0 Å². The lowest BCUT2D eigenvalue weighted by molar-refractivity contribution is -0.131. The summed E-state index contributed by atoms with van der Waals surface area (Å²) in [5.41, 5.74) is 2.92. The standard InChI is InChI=1S/C22H23FN6O2/c1-14-3-6-21(30)29(27-14)13-22(31)28-8-7-16(12-28)19-10-18(9-15(2)25-19)26-20-5-4-17(23)11-24-20/h3-6,9-11,16H,7-8,12-13H2,1-2H3,(H,24,25,26)/t16-/m0/s1. The lowest BCUT2D eigenvalue weighted by Crippen LogP contribution is -2.36. The lowest BCUT2D eigenvalue weighted by atomic mass is 10.0. The summed E-state index contributed by atoms with van der Waals surface area (Å²) in [5.74, 6) is 0.102. The molecule has 0 unspecified atom stereocenters. The predicted octanol–water partition coefficient (Wildman–Crippen LogP) is 2.55. The Morgan fingerprint density at radius 1 is 1.19 bits per heavy atom. The van der Waals surface area contributed by atoms with Crippen LogP contribution in [-0.2, 0) is 11.3 Å². The van der Waals surface area contributed by atoms with Gasteiger partial charge in [0.2, 0.25) is 5.91 Å². The van der Waals surface area contributed by atoms with E-state index in [0.717, 1.165) is 29.7 Å². The molecule has 3 aromatic rings. The summed E-state index contributed by atoms with van der Waals surface area (Å²) in [6.45, 7) is 4.74. The molecule has 0 aromatic carbocycles. The molecule has 0 bridgehead atoms. The maximum absolute atomic E-state index is 13.1. The second-order valence-corrected chi connectivity index (χ2v) is 7.70. The lowest BCUT2D eigenvalue weighted by Gasteiger charge is -2.17. The third kappa shape index (κ3) is 4.93. The number of hydrogen-bond donors (Lipinski definition) is 1. The van der Waals surface area contributed by atoms with Crippen LogP contribution in [0.2, 0.25) is 0 Å². The van der Waals surface area contributed by atoms with Crippen molar-refractivity contribution in [3.05, 3.63) is 75.8 Å². The minimum Gasteiger partial charge on any atom is -0.340 e. The molecule has 1 N–H and O–H groups in total. The summed E-state index contributed by atoms with van der Waals surface area (Å²) in [7, 11) is 0. The van der Waals surface area contributed by atoms with Gasteiger partial charge in [-0.3, -0.25) is 14.6 Å². The van der Waals surface area contributed by atoms with Crippen LogP contribution in [0.25, 0.3) is 0 Å². The quantitative estimate of drug-likeness (QED) is 0.679. The van der Waals surface area contributed by atoms with E-state index in [1.54, 1.807) is 24.0 Å². The highest BCUT2D eigenvalue weighted by molar-refractivity contribution is 5.76. The molecule has 31 heavy (non-hydrogen) atoms. The van der Waals surface area contributed by atoms with Gasteiger partial charge in [-0.05, 0) is 50.6 Å². The van der Waals surface area contributed by atoms with E-state index in [1.807, 2.05) is 19.1 Å². The molecule has 1 amide bonds. The van der Waals surface area contributed by atoms with Crippen molar-refractivity contribution in [2.24, 2.45) is 0 Å². The van der Waals surface area contributed by atoms with Gasteiger partial charge in [0.25, 0.3) is 5.56 Å². The van der Waals surface area contributed by atoms with Gasteiger partial charge in [-0.2, -0.15) is 5.10 Å². The maximum atomic E-state index is 13.1. The van der Waals surface area contributed by atoms with Gasteiger partial charge in [-0.25, -0.2) is 14.1 Å². The van der Waals surface area contributed by atoms with Crippen LogP contribution in [-0.4, -0.2) is 43.6 Å². The van der Waals surface area contributed by atoms with Crippen LogP contribution in [0.4, 0.5) is 15.9 Å². The van der Waals surface area contributed by atoms with Gasteiger partial charge in [-0.1, -0.05) is 0 Å². The molecule has 1 aliphatic rings. The van der Waals surface area contributed by atoms with E-state index >= 15 is 0 Å². The van der Waals surface area contributed by atoms with Gasteiger partial charge in [0.1, 0.15) is 18.2 Å². The van der Waals surface area contributed by atoms with E-state index in [2.05, 4.69) is 20.4 Å². The van der Waals surface area contributed by atoms with Crippen LogP contribution in [0, 0.1) is 19.7 Å². The average Bonchev–Trinajstić information content (AvgIpc) is 3.23. The summed E-state index contributed by atoms with van der Waals surface area (Å²) >= 11 is 0. The summed E-state index contributed by atoms with van der Waals surface area (Å²) in [6.07, 6.45) is 1.94. The zero-order chi connectivity index (χ0) is 22.0. The third-order valence-corrected chi connectivity index (χ3v) is 5.22. The second kappa shape index (κ2) is 8.63. The molecule has 0 saturated carbocycles. The fraction of sp³-hybridized carbons (Fsp3) is 0.318. The van der Waals surface area contributed by atoms with Crippen molar-refractivity contribution >= 4 is 17.4 Å². The van der Waals surface area contributed by atoms with Crippen LogP contribution in [0.15, 0.2) is 47.4 Å². The van der Waals surface area contributed by atoms with Crippen molar-refractivity contribution in [3.8, 4) is 0 Å². The van der Waals surface area contributed by atoms with Crippen LogP contribution in [0.5, 0.6) is 0 Å². The first-order valence-electron chi connectivity index (χ1n) is 10.1. The number of rotatable bonds is 5. The SMILES string of the molecule is Cc1cc(Nc2ccc(F)cn2)cc([C@H]2CCN(C(=O)Cn3nc(C)ccc3=O)C2)n1. The van der Waals surface area contributed by atoms with Gasteiger partial charge in [0.05, 0.1) is 11.9 Å². The third-order valence-electron chi connectivity index (χ3n) is 5.22. The number of carbonyl (C=O) groups excluding carboxylic acids is 1. The van der Waals surface area contributed by atoms with E-state index in [-0.39, 0.29) is 23.9 Å². The zero-order valence-electron chi connectivity index (χ0n) is 17.4. The van der Waals surface area contributed by atoms with Crippen molar-refractivity contribution in [1.82, 2.24) is 24.6 Å². The second-order valence-electron chi connectivity index (χ2n) is 7.70. The maximum Gasteiger partial charge on any atom is 0.267 e. The van der Waals surface area contributed by atoms with E-state index < -0.39 is 5.82 Å². The largest absolute Gasteiger partial charge is 0.340 e. The first kappa shape index (κ1) is 20.6. The fourth-order valence-corrected chi connectivity index (χ4v) is 3.69. The number of likely N-dealkylation sites (tertiary alicyclic amines) is 1. The van der Waals surface area contributed by atoms with Crippen molar-refractivity contribution in [3.63, 3.8) is 0 Å². The Morgan fingerprint density at radius 3 is 2.81 bits per heavy atom. The average molecular weight is 422 g/mol. The molecule has 1 atom stereocenters. The van der Waals surface area contributed by atoms with E-state index in [4.69, 9.17) is 0 Å². The number of nitrogens with zero attached hydrogens (tertiary/aromatic N) is 5. The highest BCUT2D eigenvalue weighted by Gasteiger charge is 2.29. The highest BCUT2D eigenvalue weighted by Crippen LogP contribution is 2.29. The number of nitrogens with one attached hydrogen (secondary N) is 1. The zero-order valence-corrected chi connectivity index (χ0v) is 17.4. The Labute approximate surface area is 178 Å². The minimum atomic E-state index is -0.393. The Balaban J connectivity index is 1.45. The molecule has 4 rings (SSSR count). The Morgan fingerprint density at radius 2 is 2.03 bits per heavy atom. The Bertz CT molecular complexity index is 1160. The smallest absolute Gasteiger partial charge is 0.267 e. The van der Waals surface area contributed by atoms with E-state index in [9.17, 15) is 14.0 Å². The van der Waals surface area contributed by atoms with Gasteiger partial charge < -0.3 is 10.2 Å². The molecule has 3 aromatic heterocycles. The van der Waals surface area contributed by atoms with E-state index in [0.29, 0.717) is 24.6 Å². The van der Waals surface area contributed by atoms with Crippen LogP contribution in [0.1, 0.15) is 29.4 Å². The molecule has 1 aliphatic heterocycles. The molecular formula is C22H23FN6O2. The molecular weight excluding hydrogens is 399 g/mol. The molecule has 9 heteroatoms. The fourth-order valence-electron chi connectivity index (χ4n) is 3.69. The topological polar surface area (TPSA) is 93.0 Å². The molecule has 1 saturated heterocycles. The number of carbonyl (C=O) groups is 1. The molecule has 0 spiro atoms. The van der Waals surface area contributed by atoms with Gasteiger partial charge in [0, 0.05) is 42.1 Å². The number of pyridine rings is 2. The van der Waals surface area contributed by atoms with Crippen molar-refractivity contribution in [1.29, 1.82) is 0 Å². The minimum absolute atomic E-state index is 0.0719. The summed E-state index contributed by atoms with van der Waals surface area (Å²) in [6, 6.07) is 9.79. The Hall–Kier alpha value is -3.62. The molecule has 8 nitrogen and oxygen atoms in total. The van der Waals surface area contributed by atoms with Gasteiger partial charge in [0.15, 0.2) is 0 Å². The summed E-state index contributed by atoms with van der Waals surface area (Å²) in [5, 5.41) is 7.31. The van der Waals surface area contributed by atoms with Crippen molar-refractivity contribution in [2.45, 2.75) is 32.7 Å². The monoisotopic (exact) mass is 422 g/mol. The van der Waals surface area contributed by atoms with Crippen LogP contribution in [0.3, 0.4) is 0 Å². The summed E-state index contributed by atoms with van der Waals surface area (Å²) < 4.78 is 14.3. The van der Waals surface area contributed by atoms with Crippen LogP contribution < -0.4 is 10.9 Å². The number of anilines is 2. The number of hydrogen-bond acceptors (Lipinski definition) is 6. The first-order valence-corrected chi connectivity index (χ1v) is 10.1. The molecule has 0 radical (unpaired) electrons. The Kier molecular flexibility index (Phi) is 5.75. The first-order chi connectivity index (χ1) is 14.9. The number of aromatic nitrogens is 4.